The number of nitrogens with zero attached hydrogens (tertiary/aromatic N) is 7. The number of nitrogens with one attached hydrogen (secondary N) is 1. The molecule has 11 heteroatoms. The summed E-state index contributed by atoms with van der Waals surface area (Å²) in [6.45, 7) is 13.2. The first-order valence-corrected chi connectivity index (χ1v) is 19.2. The van der Waals surface area contributed by atoms with E-state index in [1.54, 1.807) is 4.90 Å². The van der Waals surface area contributed by atoms with E-state index in [1.807, 2.05) is 27.1 Å². The predicted molar refractivity (Wildman–Crippen MR) is 198 cm³/mol. The number of nitriles is 1. The van der Waals surface area contributed by atoms with Gasteiger partial charge in [-0.2, -0.15) is 5.26 Å². The number of fused-ring (bicyclic) bond motifs is 3. The minimum absolute atomic E-state index is 0.0840. The number of piperidine rings is 2. The van der Waals surface area contributed by atoms with Crippen LogP contribution in [0.4, 0.5) is 16.3 Å². The number of likely N-dealkylation sites (tertiary alicyclic amines) is 2. The highest BCUT2D eigenvalue weighted by Gasteiger charge is 2.56. The number of pyridine rings is 1. The summed E-state index contributed by atoms with van der Waals surface area (Å²) in [7, 11) is 0. The highest BCUT2D eigenvalue weighted by molar-refractivity contribution is 6.09. The summed E-state index contributed by atoms with van der Waals surface area (Å²) < 4.78 is 7.85. The summed E-state index contributed by atoms with van der Waals surface area (Å²) in [5, 5.41) is 13.0. The fraction of sp³-hybridized carbons (Fsp3) is 0.625. The lowest BCUT2D eigenvalue weighted by Crippen LogP contribution is -2.58. The standard InChI is InChI=1S/C40H52N8O3/c1-25(2)47-24-42-33-22-32(44-36(35(33)47)43-28-17-26(18-28)23-41)27-9-10-31-34(19-27)48(30-20-29(21-30)45-13-7-6-8-14-45)37(49)40(31)11-15-46(16-12-40)38(50)51-39(3,4)5/h9-10,19,22,24-26,28-30H,6-8,11-18,20-21H2,1-5H3,(H,43,44). The van der Waals surface area contributed by atoms with Gasteiger partial charge < -0.3 is 29.3 Å². The lowest BCUT2D eigenvalue weighted by Gasteiger charge is -2.48. The Labute approximate surface area is 301 Å². The Hall–Kier alpha value is -4.17. The van der Waals surface area contributed by atoms with Gasteiger partial charge in [0.05, 0.1) is 34.9 Å². The Morgan fingerprint density at radius 1 is 1.02 bits per heavy atom. The van der Waals surface area contributed by atoms with Crippen molar-refractivity contribution in [1.82, 2.24) is 24.3 Å². The summed E-state index contributed by atoms with van der Waals surface area (Å²) >= 11 is 0. The molecule has 4 fully saturated rings. The first-order valence-electron chi connectivity index (χ1n) is 19.2. The van der Waals surface area contributed by atoms with Gasteiger partial charge in [0.1, 0.15) is 11.1 Å². The minimum Gasteiger partial charge on any atom is -0.444 e. The van der Waals surface area contributed by atoms with E-state index < -0.39 is 11.0 Å². The number of imidazole rings is 1. The molecule has 2 amide bonds. The number of carbonyl (C=O) groups is 2. The molecule has 0 atom stereocenters. The Balaban J connectivity index is 1.14. The largest absolute Gasteiger partial charge is 0.444 e. The molecule has 2 saturated heterocycles. The van der Waals surface area contributed by atoms with Crippen molar-refractivity contribution in [2.24, 2.45) is 5.92 Å². The van der Waals surface area contributed by atoms with Gasteiger partial charge >= 0.3 is 6.09 Å². The summed E-state index contributed by atoms with van der Waals surface area (Å²) in [4.78, 5) is 44.4. The number of benzene rings is 1. The van der Waals surface area contributed by atoms with Crippen LogP contribution in [0.2, 0.25) is 0 Å². The van der Waals surface area contributed by atoms with Gasteiger partial charge in [-0.05, 0) is 117 Å². The zero-order chi connectivity index (χ0) is 35.7. The third-order valence-corrected chi connectivity index (χ3v) is 12.1. The number of ether oxygens (including phenoxy) is 1. The quantitative estimate of drug-likeness (QED) is 0.293. The molecular weight excluding hydrogens is 640 g/mol. The average molecular weight is 693 g/mol. The van der Waals surface area contributed by atoms with Crippen LogP contribution in [-0.4, -0.2) is 86.2 Å². The first-order chi connectivity index (χ1) is 24.4. The Morgan fingerprint density at radius 3 is 2.41 bits per heavy atom. The summed E-state index contributed by atoms with van der Waals surface area (Å²) in [6.07, 6.45) is 10.2. The third kappa shape index (κ3) is 6.03. The normalized spacial score (nSPS) is 26.2. The fourth-order valence-electron chi connectivity index (χ4n) is 9.08. The minimum atomic E-state index is -0.662. The number of amides is 2. The lowest BCUT2D eigenvalue weighted by atomic mass is 9.73. The molecule has 2 aliphatic carbocycles. The summed E-state index contributed by atoms with van der Waals surface area (Å²) in [6, 6.07) is 12.0. The van der Waals surface area contributed by atoms with Crippen LogP contribution < -0.4 is 10.2 Å². The summed E-state index contributed by atoms with van der Waals surface area (Å²) in [5.74, 6) is 1.05. The van der Waals surface area contributed by atoms with Crippen LogP contribution in [0, 0.1) is 17.2 Å². The van der Waals surface area contributed by atoms with Crippen molar-refractivity contribution < 1.29 is 14.3 Å². The average Bonchev–Trinajstić information content (AvgIpc) is 3.60. The molecule has 51 heavy (non-hydrogen) atoms. The smallest absolute Gasteiger partial charge is 0.410 e. The van der Waals surface area contributed by atoms with Gasteiger partial charge in [-0.15, -0.1) is 0 Å². The molecule has 11 nitrogen and oxygen atoms in total. The van der Waals surface area contributed by atoms with Crippen molar-refractivity contribution in [2.45, 2.75) is 128 Å². The van der Waals surface area contributed by atoms with Crippen molar-refractivity contribution in [3.63, 3.8) is 0 Å². The lowest BCUT2D eigenvalue weighted by molar-refractivity contribution is -0.126. The fourth-order valence-corrected chi connectivity index (χ4v) is 9.08. The number of carbonyl (C=O) groups excluding carboxylic acids is 2. The molecule has 3 aliphatic heterocycles. The van der Waals surface area contributed by atoms with Crippen LogP contribution in [0.1, 0.15) is 104 Å². The van der Waals surface area contributed by atoms with Crippen LogP contribution in [0.25, 0.3) is 22.3 Å². The third-order valence-electron chi connectivity index (χ3n) is 12.1. The van der Waals surface area contributed by atoms with E-state index in [-0.39, 0.29) is 36.0 Å². The summed E-state index contributed by atoms with van der Waals surface area (Å²) in [5.41, 5.74) is 4.44. The Kier molecular flexibility index (Phi) is 8.52. The second-order valence-electron chi connectivity index (χ2n) is 16.9. The van der Waals surface area contributed by atoms with Gasteiger partial charge in [-0.25, -0.2) is 14.8 Å². The molecule has 0 bridgehead atoms. The van der Waals surface area contributed by atoms with Crippen LogP contribution >= 0.6 is 0 Å². The highest BCUT2D eigenvalue weighted by Crippen LogP contribution is 2.52. The van der Waals surface area contributed by atoms with E-state index in [2.05, 4.69) is 63.9 Å². The maximum absolute atomic E-state index is 14.8. The number of hydrogen-bond donors (Lipinski definition) is 1. The SMILES string of the molecule is CC(C)n1cnc2cc(-c3ccc4c(c3)N(C3CC(N5CCCCC5)C3)C(=O)C43CCN(C(=O)OC(C)(C)C)CC3)nc(NC3CC(C#N)C3)c21. The number of anilines is 2. The molecule has 1 N–H and O–H groups in total. The molecule has 5 heterocycles. The number of aromatic nitrogens is 3. The molecule has 2 saturated carbocycles. The van der Waals surface area contributed by atoms with Crippen LogP contribution in [-0.2, 0) is 14.9 Å². The van der Waals surface area contributed by atoms with Gasteiger partial charge in [-0.1, -0.05) is 18.6 Å². The highest BCUT2D eigenvalue weighted by atomic mass is 16.6. The topological polar surface area (TPSA) is 120 Å². The van der Waals surface area contributed by atoms with Crippen LogP contribution in [0.3, 0.4) is 0 Å². The molecule has 270 valence electrons. The van der Waals surface area contributed by atoms with E-state index in [0.717, 1.165) is 78.1 Å². The van der Waals surface area contributed by atoms with Crippen molar-refractivity contribution in [3.05, 3.63) is 36.2 Å². The van der Waals surface area contributed by atoms with E-state index in [4.69, 9.17) is 14.7 Å². The molecule has 2 aromatic heterocycles. The number of rotatable bonds is 6. The van der Waals surface area contributed by atoms with Crippen molar-refractivity contribution >= 4 is 34.5 Å². The van der Waals surface area contributed by atoms with Gasteiger partial charge in [0, 0.05) is 48.5 Å². The van der Waals surface area contributed by atoms with E-state index in [9.17, 15) is 14.9 Å². The van der Waals surface area contributed by atoms with Crippen molar-refractivity contribution in [3.8, 4) is 17.3 Å². The van der Waals surface area contributed by atoms with E-state index in [0.29, 0.717) is 32.0 Å². The second kappa shape index (κ2) is 12.8. The zero-order valence-electron chi connectivity index (χ0n) is 30.8. The Morgan fingerprint density at radius 2 is 1.75 bits per heavy atom. The van der Waals surface area contributed by atoms with E-state index >= 15 is 0 Å². The zero-order valence-corrected chi connectivity index (χ0v) is 30.8. The van der Waals surface area contributed by atoms with Gasteiger partial charge in [0.2, 0.25) is 5.91 Å². The molecule has 1 aromatic carbocycles. The van der Waals surface area contributed by atoms with Gasteiger partial charge in [-0.3, -0.25) is 4.79 Å². The maximum Gasteiger partial charge on any atom is 0.410 e. The van der Waals surface area contributed by atoms with Crippen molar-refractivity contribution in [1.29, 1.82) is 5.26 Å². The van der Waals surface area contributed by atoms with Crippen LogP contribution in [0.15, 0.2) is 30.6 Å². The molecular formula is C40H52N8O3. The molecule has 0 unspecified atom stereocenters. The van der Waals surface area contributed by atoms with E-state index in [1.165, 1.54) is 19.3 Å². The first kappa shape index (κ1) is 33.9. The molecule has 1 spiro atoms. The predicted octanol–water partition coefficient (Wildman–Crippen LogP) is 7.03. The van der Waals surface area contributed by atoms with Crippen LogP contribution in [0.5, 0.6) is 0 Å². The van der Waals surface area contributed by atoms with Gasteiger partial charge in [0.25, 0.3) is 0 Å². The van der Waals surface area contributed by atoms with Gasteiger partial charge in [0.15, 0.2) is 5.82 Å². The molecule has 5 aliphatic rings. The molecule has 3 aromatic rings. The second-order valence-corrected chi connectivity index (χ2v) is 16.9. The monoisotopic (exact) mass is 692 g/mol. The number of hydrogen-bond acceptors (Lipinski definition) is 8. The maximum atomic E-state index is 14.8. The molecule has 8 rings (SSSR count). The molecule has 0 radical (unpaired) electrons. The Bertz CT molecular complexity index is 1860. The van der Waals surface area contributed by atoms with Crippen molar-refractivity contribution in [2.75, 3.05) is 36.4 Å².